The predicted octanol–water partition coefficient (Wildman–Crippen LogP) is 1.96. The number of nitrogens with two attached hydrogens (primary N) is 1. The first-order valence-electron chi connectivity index (χ1n) is 4.81. The Morgan fingerprint density at radius 3 is 2.75 bits per heavy atom. The molecule has 0 saturated carbocycles. The Morgan fingerprint density at radius 1 is 1.56 bits per heavy atom. The molecule has 0 aliphatic carbocycles. The second-order valence-electron chi connectivity index (χ2n) is 3.40. The van der Waals surface area contributed by atoms with Crippen LogP contribution in [0.25, 0.3) is 6.08 Å². The Labute approximate surface area is 93.7 Å². The molecule has 0 heterocycles. The first-order chi connectivity index (χ1) is 7.54. The van der Waals surface area contributed by atoms with E-state index in [-0.39, 0.29) is 11.7 Å². The minimum Gasteiger partial charge on any atom is -0.497 e. The van der Waals surface area contributed by atoms with Crippen molar-refractivity contribution >= 4 is 11.8 Å². The molecule has 0 aliphatic rings. The number of nitro groups is 1. The Hall–Kier alpha value is -1.88. The number of rotatable bonds is 4. The second kappa shape index (κ2) is 5.27. The van der Waals surface area contributed by atoms with Gasteiger partial charge in [0.2, 0.25) is 0 Å². The highest BCUT2D eigenvalue weighted by Gasteiger charge is 2.11. The van der Waals surface area contributed by atoms with Crippen LogP contribution in [0.1, 0.15) is 12.5 Å². The summed E-state index contributed by atoms with van der Waals surface area (Å²) in [6.45, 7) is 1.79. The Kier molecular flexibility index (Phi) is 4.02. The summed E-state index contributed by atoms with van der Waals surface area (Å²) in [5, 5.41) is 10.8. The smallest absolute Gasteiger partial charge is 0.276 e. The number of methoxy groups -OCH3 is 1. The molecular weight excluding hydrogens is 208 g/mol. The first-order valence-corrected chi connectivity index (χ1v) is 4.81. The highest BCUT2D eigenvalue weighted by Crippen LogP contribution is 2.25. The van der Waals surface area contributed by atoms with Gasteiger partial charge in [-0.2, -0.15) is 0 Å². The van der Waals surface area contributed by atoms with Crippen molar-refractivity contribution < 1.29 is 9.66 Å². The van der Waals surface area contributed by atoms with Gasteiger partial charge in [-0.3, -0.25) is 10.1 Å². The zero-order valence-corrected chi connectivity index (χ0v) is 9.21. The number of hydrogen-bond acceptors (Lipinski definition) is 4. The van der Waals surface area contributed by atoms with Gasteiger partial charge in [0.15, 0.2) is 0 Å². The molecule has 1 rings (SSSR count). The van der Waals surface area contributed by atoms with Crippen LogP contribution in [-0.4, -0.2) is 18.1 Å². The van der Waals surface area contributed by atoms with Crippen molar-refractivity contribution in [3.63, 3.8) is 0 Å². The summed E-state index contributed by atoms with van der Waals surface area (Å²) in [5.41, 5.74) is 6.08. The quantitative estimate of drug-likeness (QED) is 0.624. The van der Waals surface area contributed by atoms with Gasteiger partial charge < -0.3 is 10.5 Å². The maximum absolute atomic E-state index is 10.8. The number of ether oxygens (including phenoxy) is 1. The zero-order chi connectivity index (χ0) is 12.1. The van der Waals surface area contributed by atoms with E-state index in [9.17, 15) is 10.1 Å². The summed E-state index contributed by atoms with van der Waals surface area (Å²) < 4.78 is 5.01. The molecule has 0 radical (unpaired) electrons. The first kappa shape index (κ1) is 12.2. The van der Waals surface area contributed by atoms with E-state index in [0.717, 1.165) is 0 Å². The zero-order valence-electron chi connectivity index (χ0n) is 9.21. The number of nitrogens with zero attached hydrogens (tertiary/aromatic N) is 1. The third-order valence-electron chi connectivity index (χ3n) is 2.01. The maximum Gasteiger partial charge on any atom is 0.276 e. The Balaban J connectivity index is 3.15. The van der Waals surface area contributed by atoms with Crippen LogP contribution in [0.15, 0.2) is 24.3 Å². The van der Waals surface area contributed by atoms with Gasteiger partial charge in [0.1, 0.15) is 5.75 Å². The van der Waals surface area contributed by atoms with Crippen LogP contribution in [0.2, 0.25) is 0 Å². The summed E-state index contributed by atoms with van der Waals surface area (Å²) in [6.07, 6.45) is 3.33. The lowest BCUT2D eigenvalue weighted by atomic mass is 10.1. The molecule has 1 unspecified atom stereocenters. The molecule has 0 amide bonds. The van der Waals surface area contributed by atoms with Gasteiger partial charge in [-0.15, -0.1) is 0 Å². The van der Waals surface area contributed by atoms with Crippen molar-refractivity contribution in [1.29, 1.82) is 0 Å². The monoisotopic (exact) mass is 222 g/mol. The maximum atomic E-state index is 10.8. The molecule has 0 aliphatic heterocycles. The van der Waals surface area contributed by atoms with Crippen LogP contribution in [-0.2, 0) is 0 Å². The van der Waals surface area contributed by atoms with Crippen LogP contribution < -0.4 is 10.5 Å². The average Bonchev–Trinajstić information content (AvgIpc) is 2.25. The Bertz CT molecular complexity index is 414. The molecule has 1 atom stereocenters. The molecule has 0 spiro atoms. The van der Waals surface area contributed by atoms with Gasteiger partial charge in [0.25, 0.3) is 5.69 Å². The summed E-state index contributed by atoms with van der Waals surface area (Å²) in [5.74, 6) is 0.579. The van der Waals surface area contributed by atoms with Gasteiger partial charge in [0.05, 0.1) is 17.6 Å². The number of benzene rings is 1. The lowest BCUT2D eigenvalue weighted by molar-refractivity contribution is -0.385. The molecule has 0 saturated heterocycles. The van der Waals surface area contributed by atoms with E-state index in [0.29, 0.717) is 11.3 Å². The van der Waals surface area contributed by atoms with E-state index in [1.54, 1.807) is 31.2 Å². The highest BCUT2D eigenvalue weighted by molar-refractivity contribution is 5.63. The fourth-order valence-electron chi connectivity index (χ4n) is 1.21. The van der Waals surface area contributed by atoms with Crippen molar-refractivity contribution in [3.8, 4) is 5.75 Å². The van der Waals surface area contributed by atoms with Crippen LogP contribution in [0.3, 0.4) is 0 Å². The molecule has 0 bridgehead atoms. The van der Waals surface area contributed by atoms with Gasteiger partial charge in [-0.05, 0) is 19.1 Å². The van der Waals surface area contributed by atoms with Crippen LogP contribution in [0.5, 0.6) is 5.75 Å². The van der Waals surface area contributed by atoms with Crippen molar-refractivity contribution in [1.82, 2.24) is 0 Å². The standard InChI is InChI=1S/C11H14N2O3/c1-8(12)3-4-9-7-10(16-2)5-6-11(9)13(14)15/h3-8H,12H2,1-2H3/b4-3+. The molecule has 16 heavy (non-hydrogen) atoms. The third-order valence-corrected chi connectivity index (χ3v) is 2.01. The van der Waals surface area contributed by atoms with E-state index >= 15 is 0 Å². The van der Waals surface area contributed by atoms with Crippen LogP contribution >= 0.6 is 0 Å². The van der Waals surface area contributed by atoms with Crippen molar-refractivity contribution in [2.24, 2.45) is 5.73 Å². The molecule has 2 N–H and O–H groups in total. The van der Waals surface area contributed by atoms with Gasteiger partial charge in [-0.1, -0.05) is 12.2 Å². The minimum absolute atomic E-state index is 0.0395. The van der Waals surface area contributed by atoms with E-state index in [1.165, 1.54) is 13.2 Å². The lowest BCUT2D eigenvalue weighted by Crippen LogP contribution is -2.10. The van der Waals surface area contributed by atoms with Crippen LogP contribution in [0, 0.1) is 10.1 Å². The SMILES string of the molecule is COc1ccc([N+](=O)[O-])c(/C=C/C(C)N)c1. The van der Waals surface area contributed by atoms with E-state index in [4.69, 9.17) is 10.5 Å². The molecule has 1 aromatic rings. The highest BCUT2D eigenvalue weighted by atomic mass is 16.6. The third kappa shape index (κ3) is 3.06. The van der Waals surface area contributed by atoms with Crippen molar-refractivity contribution in [2.75, 3.05) is 7.11 Å². The molecular formula is C11H14N2O3. The van der Waals surface area contributed by atoms with Gasteiger partial charge in [0, 0.05) is 12.1 Å². The van der Waals surface area contributed by atoms with E-state index < -0.39 is 4.92 Å². The largest absolute Gasteiger partial charge is 0.497 e. The molecule has 5 nitrogen and oxygen atoms in total. The van der Waals surface area contributed by atoms with E-state index in [2.05, 4.69) is 0 Å². The molecule has 1 aromatic carbocycles. The van der Waals surface area contributed by atoms with E-state index in [1.807, 2.05) is 0 Å². The number of hydrogen-bond donors (Lipinski definition) is 1. The summed E-state index contributed by atoms with van der Waals surface area (Å²) >= 11 is 0. The fraction of sp³-hybridized carbons (Fsp3) is 0.273. The number of nitro benzene ring substituents is 1. The van der Waals surface area contributed by atoms with Crippen LogP contribution in [0.4, 0.5) is 5.69 Å². The normalized spacial score (nSPS) is 12.7. The fourth-order valence-corrected chi connectivity index (χ4v) is 1.21. The molecule has 86 valence electrons. The minimum atomic E-state index is -0.430. The summed E-state index contributed by atoms with van der Waals surface area (Å²) in [4.78, 5) is 10.3. The Morgan fingerprint density at radius 2 is 2.25 bits per heavy atom. The van der Waals surface area contributed by atoms with Crippen molar-refractivity contribution in [2.45, 2.75) is 13.0 Å². The van der Waals surface area contributed by atoms with Gasteiger partial charge in [-0.25, -0.2) is 0 Å². The lowest BCUT2D eigenvalue weighted by Gasteiger charge is -2.02. The average molecular weight is 222 g/mol. The topological polar surface area (TPSA) is 78.4 Å². The van der Waals surface area contributed by atoms with Gasteiger partial charge >= 0.3 is 0 Å². The second-order valence-corrected chi connectivity index (χ2v) is 3.40. The summed E-state index contributed by atoms with van der Waals surface area (Å²) in [6, 6.07) is 4.43. The molecule has 0 fully saturated rings. The molecule has 5 heteroatoms. The predicted molar refractivity (Wildman–Crippen MR) is 62.3 cm³/mol. The van der Waals surface area contributed by atoms with Crippen molar-refractivity contribution in [3.05, 3.63) is 40.0 Å². The molecule has 0 aromatic heterocycles. The summed E-state index contributed by atoms with van der Waals surface area (Å²) in [7, 11) is 1.51.